The summed E-state index contributed by atoms with van der Waals surface area (Å²) in [6.45, 7) is 4.34. The number of hydrogen-bond acceptors (Lipinski definition) is 5. The monoisotopic (exact) mass is 336 g/mol. The number of hydrogen-bond donors (Lipinski definition) is 0. The maximum absolute atomic E-state index is 5.88. The van der Waals surface area contributed by atoms with Crippen LogP contribution in [0, 0.1) is 0 Å². The van der Waals surface area contributed by atoms with Crippen molar-refractivity contribution >= 4 is 5.84 Å². The maximum Gasteiger partial charge on any atom is 0.201 e. The summed E-state index contributed by atoms with van der Waals surface area (Å²) >= 11 is 0. The molecule has 0 bridgehead atoms. The SMILES string of the molecule is CC(C)O/N=C(\c1cccc(OCc2ccccc2)c1)n1cncn1. The molecule has 0 spiro atoms. The highest BCUT2D eigenvalue weighted by atomic mass is 16.6. The summed E-state index contributed by atoms with van der Waals surface area (Å²) in [5, 5.41) is 8.36. The first-order valence-corrected chi connectivity index (χ1v) is 8.08. The van der Waals surface area contributed by atoms with Gasteiger partial charge in [0.15, 0.2) is 0 Å². The van der Waals surface area contributed by atoms with E-state index in [1.807, 2.05) is 68.4 Å². The fourth-order valence-corrected chi connectivity index (χ4v) is 2.17. The van der Waals surface area contributed by atoms with E-state index in [9.17, 15) is 0 Å². The van der Waals surface area contributed by atoms with Crippen molar-refractivity contribution in [1.29, 1.82) is 0 Å². The van der Waals surface area contributed by atoms with Crippen molar-refractivity contribution in [2.45, 2.75) is 26.6 Å². The Morgan fingerprint density at radius 2 is 1.96 bits per heavy atom. The first kappa shape index (κ1) is 16.7. The van der Waals surface area contributed by atoms with Crippen LogP contribution in [0.2, 0.25) is 0 Å². The molecule has 25 heavy (non-hydrogen) atoms. The van der Waals surface area contributed by atoms with Gasteiger partial charge in [0.05, 0.1) is 0 Å². The molecule has 0 atom stereocenters. The van der Waals surface area contributed by atoms with Gasteiger partial charge in [-0.3, -0.25) is 0 Å². The Morgan fingerprint density at radius 1 is 1.12 bits per heavy atom. The van der Waals surface area contributed by atoms with Crippen molar-refractivity contribution in [2.24, 2.45) is 5.16 Å². The molecule has 1 aromatic heterocycles. The van der Waals surface area contributed by atoms with Crippen molar-refractivity contribution in [3.8, 4) is 5.75 Å². The molecule has 6 nitrogen and oxygen atoms in total. The summed E-state index contributed by atoms with van der Waals surface area (Å²) < 4.78 is 7.45. The van der Waals surface area contributed by atoms with Crippen LogP contribution in [0.3, 0.4) is 0 Å². The van der Waals surface area contributed by atoms with E-state index in [2.05, 4.69) is 15.2 Å². The second kappa shape index (κ2) is 8.10. The first-order chi connectivity index (χ1) is 12.2. The van der Waals surface area contributed by atoms with Gasteiger partial charge in [0, 0.05) is 5.56 Å². The number of oxime groups is 1. The molecular formula is C19H20N4O2. The standard InChI is InChI=1S/C19H20N4O2/c1-15(2)25-22-19(23-14-20-13-21-23)17-9-6-10-18(11-17)24-12-16-7-4-3-5-8-16/h3-11,13-15H,12H2,1-2H3/b22-19+. The quantitative estimate of drug-likeness (QED) is 0.393. The van der Waals surface area contributed by atoms with E-state index >= 15 is 0 Å². The highest BCUT2D eigenvalue weighted by Crippen LogP contribution is 2.17. The zero-order valence-corrected chi connectivity index (χ0v) is 14.2. The van der Waals surface area contributed by atoms with Crippen LogP contribution in [-0.2, 0) is 11.4 Å². The molecule has 0 unspecified atom stereocenters. The van der Waals surface area contributed by atoms with E-state index in [1.165, 1.54) is 6.33 Å². The van der Waals surface area contributed by atoms with Gasteiger partial charge >= 0.3 is 0 Å². The molecular weight excluding hydrogens is 316 g/mol. The van der Waals surface area contributed by atoms with Gasteiger partial charge in [-0.1, -0.05) is 47.6 Å². The fraction of sp³-hybridized carbons (Fsp3) is 0.211. The van der Waals surface area contributed by atoms with Gasteiger partial charge < -0.3 is 9.57 Å². The van der Waals surface area contributed by atoms with E-state index in [4.69, 9.17) is 9.57 Å². The summed E-state index contributed by atoms with van der Waals surface area (Å²) in [5.41, 5.74) is 1.94. The van der Waals surface area contributed by atoms with E-state index in [0.717, 1.165) is 16.9 Å². The Kier molecular flexibility index (Phi) is 5.41. The molecule has 0 saturated carbocycles. The molecule has 0 aliphatic carbocycles. The highest BCUT2D eigenvalue weighted by molar-refractivity contribution is 5.99. The Hall–Kier alpha value is -3.15. The maximum atomic E-state index is 5.88. The van der Waals surface area contributed by atoms with Crippen LogP contribution in [0.25, 0.3) is 0 Å². The number of nitrogens with zero attached hydrogens (tertiary/aromatic N) is 4. The number of aromatic nitrogens is 3. The third-order valence-corrected chi connectivity index (χ3v) is 3.33. The van der Waals surface area contributed by atoms with E-state index in [0.29, 0.717) is 12.4 Å². The predicted molar refractivity (Wildman–Crippen MR) is 95.4 cm³/mol. The predicted octanol–water partition coefficient (Wildman–Crippen LogP) is 3.49. The molecule has 3 aromatic rings. The van der Waals surface area contributed by atoms with Crippen LogP contribution in [0.15, 0.2) is 72.4 Å². The van der Waals surface area contributed by atoms with Gasteiger partial charge in [-0.05, 0) is 31.5 Å². The van der Waals surface area contributed by atoms with Gasteiger partial charge in [-0.15, -0.1) is 0 Å². The van der Waals surface area contributed by atoms with Gasteiger partial charge in [-0.2, -0.15) is 9.78 Å². The summed E-state index contributed by atoms with van der Waals surface area (Å²) in [7, 11) is 0. The van der Waals surface area contributed by atoms with Gasteiger partial charge in [0.25, 0.3) is 0 Å². The largest absolute Gasteiger partial charge is 0.489 e. The average Bonchev–Trinajstić information content (AvgIpc) is 3.16. The molecule has 0 saturated heterocycles. The molecule has 2 aromatic carbocycles. The zero-order chi connectivity index (χ0) is 17.5. The lowest BCUT2D eigenvalue weighted by atomic mass is 10.2. The summed E-state index contributed by atoms with van der Waals surface area (Å²) in [5.74, 6) is 1.30. The molecule has 0 aliphatic rings. The summed E-state index contributed by atoms with van der Waals surface area (Å²) in [6.07, 6.45) is 3.01. The van der Waals surface area contributed by atoms with Crippen LogP contribution >= 0.6 is 0 Å². The van der Waals surface area contributed by atoms with Crippen molar-refractivity contribution in [2.75, 3.05) is 0 Å². The number of ether oxygens (including phenoxy) is 1. The topological polar surface area (TPSA) is 61.5 Å². The lowest BCUT2D eigenvalue weighted by Crippen LogP contribution is -2.16. The molecule has 6 heteroatoms. The second-order valence-electron chi connectivity index (χ2n) is 5.71. The van der Waals surface area contributed by atoms with E-state index in [-0.39, 0.29) is 6.10 Å². The van der Waals surface area contributed by atoms with Crippen LogP contribution < -0.4 is 4.74 Å². The third kappa shape index (κ3) is 4.67. The van der Waals surface area contributed by atoms with Crippen LogP contribution in [0.1, 0.15) is 25.0 Å². The lowest BCUT2D eigenvalue weighted by molar-refractivity contribution is 0.0851. The van der Waals surface area contributed by atoms with Crippen molar-refractivity contribution in [3.63, 3.8) is 0 Å². The Labute approximate surface area is 146 Å². The van der Waals surface area contributed by atoms with Crippen LogP contribution in [0.5, 0.6) is 5.75 Å². The van der Waals surface area contributed by atoms with Gasteiger partial charge in [0.1, 0.15) is 31.1 Å². The summed E-state index contributed by atoms with van der Waals surface area (Å²) in [4.78, 5) is 9.39. The molecule has 0 amide bonds. The zero-order valence-electron chi connectivity index (χ0n) is 14.2. The number of benzene rings is 2. The average molecular weight is 336 g/mol. The molecule has 0 aliphatic heterocycles. The second-order valence-corrected chi connectivity index (χ2v) is 5.71. The highest BCUT2D eigenvalue weighted by Gasteiger charge is 2.10. The lowest BCUT2D eigenvalue weighted by Gasteiger charge is -2.11. The minimum absolute atomic E-state index is 0.0314. The molecule has 0 radical (unpaired) electrons. The van der Waals surface area contributed by atoms with Crippen molar-refractivity contribution < 1.29 is 9.57 Å². The van der Waals surface area contributed by atoms with Crippen LogP contribution in [-0.4, -0.2) is 26.7 Å². The Morgan fingerprint density at radius 3 is 2.68 bits per heavy atom. The third-order valence-electron chi connectivity index (χ3n) is 3.33. The molecule has 0 N–H and O–H groups in total. The van der Waals surface area contributed by atoms with Gasteiger partial charge in [0.2, 0.25) is 5.84 Å². The van der Waals surface area contributed by atoms with E-state index in [1.54, 1.807) is 11.0 Å². The van der Waals surface area contributed by atoms with E-state index < -0.39 is 0 Å². The Bertz CT molecular complexity index is 814. The fourth-order valence-electron chi connectivity index (χ4n) is 2.17. The minimum Gasteiger partial charge on any atom is -0.489 e. The smallest absolute Gasteiger partial charge is 0.201 e. The van der Waals surface area contributed by atoms with Crippen molar-refractivity contribution in [3.05, 3.63) is 78.4 Å². The molecule has 0 fully saturated rings. The Balaban J connectivity index is 1.81. The molecule has 128 valence electrons. The van der Waals surface area contributed by atoms with Gasteiger partial charge in [-0.25, -0.2) is 4.98 Å². The summed E-state index contributed by atoms with van der Waals surface area (Å²) in [6, 6.07) is 17.7. The minimum atomic E-state index is -0.0314. The number of rotatable bonds is 6. The normalized spacial score (nSPS) is 11.6. The van der Waals surface area contributed by atoms with Crippen molar-refractivity contribution in [1.82, 2.24) is 14.8 Å². The first-order valence-electron chi connectivity index (χ1n) is 8.08. The molecule has 1 heterocycles. The van der Waals surface area contributed by atoms with Crippen LogP contribution in [0.4, 0.5) is 0 Å². The molecule has 3 rings (SSSR count).